The van der Waals surface area contributed by atoms with Gasteiger partial charge in [-0.25, -0.2) is 9.09 Å². The fraction of sp³-hybridized carbons (Fsp3) is 0.647. The maximum atomic E-state index is 12.4. The van der Waals surface area contributed by atoms with Crippen molar-refractivity contribution in [1.82, 2.24) is 14.7 Å². The minimum Gasteiger partial charge on any atom is -0.365 e. The highest BCUT2D eigenvalue weighted by molar-refractivity contribution is 7.46. The number of allylic oxidation sites excluding steroid dienone is 1. The third kappa shape index (κ3) is 5.51. The van der Waals surface area contributed by atoms with E-state index in [1.807, 2.05) is 14.7 Å². The first-order valence-electron chi connectivity index (χ1n) is 9.27. The maximum absolute atomic E-state index is 12.4. The van der Waals surface area contributed by atoms with Crippen molar-refractivity contribution in [3.05, 3.63) is 23.2 Å². The highest BCUT2D eigenvalue weighted by atomic mass is 35.5. The van der Waals surface area contributed by atoms with Gasteiger partial charge in [-0.3, -0.25) is 9.59 Å². The van der Waals surface area contributed by atoms with Crippen molar-refractivity contribution in [3.8, 4) is 0 Å². The van der Waals surface area contributed by atoms with E-state index in [9.17, 15) is 14.2 Å². The van der Waals surface area contributed by atoms with Crippen LogP contribution in [0.25, 0.3) is 0 Å². The molecule has 3 fully saturated rings. The fourth-order valence-corrected chi connectivity index (χ4v) is 4.17. The highest BCUT2D eigenvalue weighted by Gasteiger charge is 2.47. The number of hydrogen-bond donors (Lipinski definition) is 2. The molecule has 9 nitrogen and oxygen atoms in total. The number of alkyl halides is 3. The van der Waals surface area contributed by atoms with E-state index >= 15 is 0 Å². The molecular formula is C17H23Cl3N3O6P. The van der Waals surface area contributed by atoms with E-state index < -0.39 is 17.8 Å². The lowest BCUT2D eigenvalue weighted by atomic mass is 9.97. The number of carbonyl (C=O) groups excluding carboxylic acids is 2. The van der Waals surface area contributed by atoms with E-state index in [-0.39, 0.29) is 17.4 Å². The van der Waals surface area contributed by atoms with Gasteiger partial charge in [0, 0.05) is 56.6 Å². The van der Waals surface area contributed by atoms with E-state index in [1.165, 1.54) is 19.9 Å². The lowest BCUT2D eigenvalue weighted by Crippen LogP contribution is -2.37. The normalized spacial score (nSPS) is 21.4. The van der Waals surface area contributed by atoms with Gasteiger partial charge in [0.05, 0.1) is 5.70 Å². The maximum Gasteiger partial charge on any atom is 0.472 e. The number of ketones is 2. The topological polar surface area (TPSA) is 110 Å². The predicted molar refractivity (Wildman–Crippen MR) is 112 cm³/mol. The average molecular weight is 503 g/mol. The van der Waals surface area contributed by atoms with Crippen LogP contribution in [0.2, 0.25) is 0 Å². The third-order valence-electron chi connectivity index (χ3n) is 4.84. The van der Waals surface area contributed by atoms with Crippen molar-refractivity contribution in [3.63, 3.8) is 0 Å². The average Bonchev–Trinajstić information content (AvgIpc) is 3.45. The largest absolute Gasteiger partial charge is 0.472 e. The minimum atomic E-state index is -4.72. The van der Waals surface area contributed by atoms with Gasteiger partial charge in [-0.05, 0) is 0 Å². The zero-order valence-corrected chi connectivity index (χ0v) is 19.6. The second-order valence-electron chi connectivity index (χ2n) is 8.00. The molecule has 4 rings (SSSR count). The summed E-state index contributed by atoms with van der Waals surface area (Å²) in [6.45, 7) is 8.45. The number of halogens is 3. The molecule has 3 aliphatic heterocycles. The Morgan fingerprint density at radius 3 is 1.87 bits per heavy atom. The van der Waals surface area contributed by atoms with Gasteiger partial charge in [-0.2, -0.15) is 0 Å². The van der Waals surface area contributed by atoms with Crippen LogP contribution in [0.1, 0.15) is 13.8 Å². The quantitative estimate of drug-likeness (QED) is 0.232. The molecule has 0 amide bonds. The monoisotopic (exact) mass is 501 g/mol. The van der Waals surface area contributed by atoms with Crippen LogP contribution in [0, 0.1) is 5.41 Å². The highest BCUT2D eigenvalue weighted by Crippen LogP contribution is 2.52. The summed E-state index contributed by atoms with van der Waals surface area (Å²) in [6, 6.07) is 0. The zero-order chi connectivity index (χ0) is 22.5. The molecule has 0 saturated carbocycles. The second kappa shape index (κ2) is 8.28. The van der Waals surface area contributed by atoms with Crippen LogP contribution in [0.4, 0.5) is 0 Å². The Hall–Kier alpha value is -0.800. The summed E-state index contributed by atoms with van der Waals surface area (Å²) in [6.07, 6.45) is 1.52. The molecule has 30 heavy (non-hydrogen) atoms. The van der Waals surface area contributed by atoms with E-state index in [1.54, 1.807) is 0 Å². The fourth-order valence-electron chi connectivity index (χ4n) is 2.63. The molecule has 0 spiro atoms. The Morgan fingerprint density at radius 1 is 1.00 bits per heavy atom. The summed E-state index contributed by atoms with van der Waals surface area (Å²) in [5, 5.41) is 0. The number of carbonyl (C=O) groups is 2. The number of phosphoric acid groups is 1. The molecular weight excluding hydrogens is 480 g/mol. The number of rotatable bonds is 7. The molecule has 0 aromatic carbocycles. The second-order valence-corrected chi connectivity index (χ2v) is 10.7. The molecule has 13 heteroatoms. The van der Waals surface area contributed by atoms with Gasteiger partial charge in [0.2, 0.25) is 16.1 Å². The summed E-state index contributed by atoms with van der Waals surface area (Å²) in [4.78, 5) is 47.4. The van der Waals surface area contributed by atoms with Gasteiger partial charge in [-0.15, -0.1) is 11.6 Å². The molecule has 0 unspecified atom stereocenters. The van der Waals surface area contributed by atoms with Gasteiger partial charge in [0.25, 0.3) is 0 Å². The van der Waals surface area contributed by atoms with Crippen LogP contribution in [-0.4, -0.2) is 85.7 Å². The standard InChI is InChI=1S/C12H13N3O2.C5H10Cl3O4P/c16-9-7-8(13-1-2-13)12(17)11(15-5-6-15)10(9)14-3-4-14;1-4(2,3-6)5(7,8)12-13(9,10)11/h7H,1-6H2;3H2,1-2H3,(H2,9,10,11). The smallest absolute Gasteiger partial charge is 0.365 e. The Balaban J connectivity index is 0.000000180. The Labute approximate surface area is 189 Å². The van der Waals surface area contributed by atoms with Crippen LogP contribution in [0.3, 0.4) is 0 Å². The van der Waals surface area contributed by atoms with Gasteiger partial charge < -0.3 is 24.5 Å². The van der Waals surface area contributed by atoms with E-state index in [4.69, 9.17) is 44.6 Å². The van der Waals surface area contributed by atoms with Crippen molar-refractivity contribution in [2.24, 2.45) is 5.41 Å². The van der Waals surface area contributed by atoms with Crippen LogP contribution in [0.15, 0.2) is 23.2 Å². The molecule has 4 aliphatic rings. The summed E-state index contributed by atoms with van der Waals surface area (Å²) in [5.74, 6) is 0.0485. The van der Waals surface area contributed by atoms with Gasteiger partial charge >= 0.3 is 7.82 Å². The van der Waals surface area contributed by atoms with E-state index in [0.29, 0.717) is 17.1 Å². The first-order chi connectivity index (χ1) is 13.8. The van der Waals surface area contributed by atoms with Gasteiger partial charge in [-0.1, -0.05) is 37.0 Å². The molecule has 0 atom stereocenters. The predicted octanol–water partition coefficient (Wildman–Crippen LogP) is 1.67. The van der Waals surface area contributed by atoms with Gasteiger partial charge in [0.15, 0.2) is 0 Å². The lowest BCUT2D eigenvalue weighted by molar-refractivity contribution is -0.117. The van der Waals surface area contributed by atoms with Crippen LogP contribution >= 0.6 is 42.6 Å². The van der Waals surface area contributed by atoms with Gasteiger partial charge in [0.1, 0.15) is 11.4 Å². The van der Waals surface area contributed by atoms with Crippen LogP contribution < -0.4 is 0 Å². The first-order valence-corrected chi connectivity index (χ1v) is 12.1. The summed E-state index contributed by atoms with van der Waals surface area (Å²) in [7, 11) is -4.72. The molecule has 1 aliphatic carbocycles. The van der Waals surface area contributed by atoms with E-state index in [0.717, 1.165) is 39.3 Å². The Bertz CT molecular complexity index is 857. The molecule has 0 aromatic rings. The molecule has 0 bridgehead atoms. The minimum absolute atomic E-state index is 0. The molecule has 2 N–H and O–H groups in total. The lowest BCUT2D eigenvalue weighted by Gasteiger charge is -2.34. The molecule has 0 radical (unpaired) electrons. The molecule has 3 heterocycles. The SMILES string of the molecule is CC(C)(CCl)C(Cl)(Cl)OP(=O)(O)O.O=C1C=C(N2CC2)C(=O)C(N2CC2)=C1N1CC1. The number of nitrogens with zero attached hydrogens (tertiary/aromatic N) is 3. The van der Waals surface area contributed by atoms with Crippen LogP contribution in [0.5, 0.6) is 0 Å². The zero-order valence-electron chi connectivity index (χ0n) is 16.5. The third-order valence-corrected chi connectivity index (χ3v) is 7.42. The molecule has 3 saturated heterocycles. The van der Waals surface area contributed by atoms with Crippen LogP contribution in [-0.2, 0) is 18.7 Å². The Kier molecular flexibility index (Phi) is 6.58. The summed E-state index contributed by atoms with van der Waals surface area (Å²) >= 11 is 16.7. The number of Topliss-reactive ketones (excluding diaryl/α,β-unsaturated/α-hetero) is 1. The summed E-state index contributed by atoms with van der Waals surface area (Å²) < 4.78 is 12.6. The molecule has 0 aromatic heterocycles. The number of phosphoric ester groups is 1. The molecule has 168 valence electrons. The summed E-state index contributed by atoms with van der Waals surface area (Å²) in [5.41, 5.74) is 0.913. The van der Waals surface area contributed by atoms with Crippen molar-refractivity contribution >= 4 is 54.2 Å². The van der Waals surface area contributed by atoms with Crippen molar-refractivity contribution in [1.29, 1.82) is 0 Å². The first kappa shape index (κ1) is 23.9. The van der Waals surface area contributed by atoms with Crippen molar-refractivity contribution in [2.45, 2.75) is 18.4 Å². The number of hydrogen-bond acceptors (Lipinski definition) is 7. The van der Waals surface area contributed by atoms with Crippen molar-refractivity contribution < 1.29 is 28.5 Å². The van der Waals surface area contributed by atoms with Crippen molar-refractivity contribution in [2.75, 3.05) is 45.1 Å². The Morgan fingerprint density at radius 2 is 1.47 bits per heavy atom. The van der Waals surface area contributed by atoms with E-state index in [2.05, 4.69) is 4.52 Å².